The highest BCUT2D eigenvalue weighted by atomic mass is 35.5. The number of hydrogen-bond acceptors (Lipinski definition) is 6. The summed E-state index contributed by atoms with van der Waals surface area (Å²) in [6.07, 6.45) is 2.91. The Morgan fingerprint density at radius 1 is 1.24 bits per heavy atom. The molecule has 2 aromatic rings. The zero-order valence-electron chi connectivity index (χ0n) is 20.2. The molecule has 0 bridgehead atoms. The van der Waals surface area contributed by atoms with Crippen molar-refractivity contribution >= 4 is 29.8 Å². The van der Waals surface area contributed by atoms with Gasteiger partial charge in [-0.15, -0.1) is 10.2 Å². The number of aldehydes is 1. The fourth-order valence-corrected chi connectivity index (χ4v) is 4.04. The summed E-state index contributed by atoms with van der Waals surface area (Å²) in [5, 5.41) is 14.1. The highest BCUT2D eigenvalue weighted by Gasteiger charge is 2.27. The van der Waals surface area contributed by atoms with Crippen LogP contribution in [0.4, 0.5) is 4.79 Å². The molecule has 1 aromatic carbocycles. The standard InChI is InChI=1S/C24H34ClN5O4/c1-5-17(6-2)22(19-8-7-9-20(25)14-19)27-23(32)18(11-13-31)10-12-26-24(33)30(4)15-21-29-28-16(3)34-21/h7-9,13-14,17-18,22H,5-6,10-12,15H2,1-4H3,(H,26,33)(H,27,32)/t18-,22?/m0/s1. The Labute approximate surface area is 205 Å². The molecule has 2 N–H and O–H groups in total. The highest BCUT2D eigenvalue weighted by molar-refractivity contribution is 6.30. The summed E-state index contributed by atoms with van der Waals surface area (Å²) in [7, 11) is 1.61. The number of aryl methyl sites for hydroxylation is 1. The monoisotopic (exact) mass is 491 g/mol. The second-order valence-electron chi connectivity index (χ2n) is 8.31. The molecule has 1 aromatic heterocycles. The molecule has 2 rings (SSSR count). The predicted molar refractivity (Wildman–Crippen MR) is 129 cm³/mol. The van der Waals surface area contributed by atoms with Crippen LogP contribution >= 0.6 is 11.6 Å². The smallest absolute Gasteiger partial charge is 0.317 e. The number of carbonyl (C=O) groups is 3. The molecule has 10 heteroatoms. The summed E-state index contributed by atoms with van der Waals surface area (Å²) < 4.78 is 5.28. The molecule has 3 amide bonds. The van der Waals surface area contributed by atoms with Gasteiger partial charge in [-0.25, -0.2) is 4.79 Å². The third-order valence-corrected chi connectivity index (χ3v) is 6.07. The van der Waals surface area contributed by atoms with Gasteiger partial charge in [-0.1, -0.05) is 50.4 Å². The maximum absolute atomic E-state index is 13.1. The molecule has 0 aliphatic carbocycles. The second-order valence-corrected chi connectivity index (χ2v) is 8.75. The first kappa shape index (κ1) is 27.3. The van der Waals surface area contributed by atoms with Gasteiger partial charge in [0.1, 0.15) is 12.8 Å². The number of nitrogens with one attached hydrogen (secondary N) is 2. The third kappa shape index (κ3) is 8.13. The largest absolute Gasteiger partial charge is 0.424 e. The van der Waals surface area contributed by atoms with Crippen LogP contribution in [0.15, 0.2) is 28.7 Å². The van der Waals surface area contributed by atoms with Gasteiger partial charge in [0.25, 0.3) is 0 Å². The normalized spacial score (nSPS) is 12.8. The molecule has 1 heterocycles. The summed E-state index contributed by atoms with van der Waals surface area (Å²) in [4.78, 5) is 38.2. The molecule has 0 aliphatic heterocycles. The highest BCUT2D eigenvalue weighted by Crippen LogP contribution is 2.29. The topological polar surface area (TPSA) is 117 Å². The van der Waals surface area contributed by atoms with Crippen LogP contribution in [-0.2, 0) is 16.1 Å². The van der Waals surface area contributed by atoms with E-state index in [1.807, 2.05) is 18.2 Å². The van der Waals surface area contributed by atoms with Crippen LogP contribution in [0.3, 0.4) is 0 Å². The van der Waals surface area contributed by atoms with Crippen molar-refractivity contribution in [3.8, 4) is 0 Å². The molecule has 186 valence electrons. The lowest BCUT2D eigenvalue weighted by Gasteiger charge is -2.29. The molecule has 0 saturated heterocycles. The van der Waals surface area contributed by atoms with E-state index in [0.717, 1.165) is 24.7 Å². The average Bonchev–Trinajstić information content (AvgIpc) is 3.22. The molecule has 9 nitrogen and oxygen atoms in total. The number of aromatic nitrogens is 2. The van der Waals surface area contributed by atoms with Crippen molar-refractivity contribution in [2.24, 2.45) is 11.8 Å². The zero-order chi connectivity index (χ0) is 25.1. The van der Waals surface area contributed by atoms with Crippen LogP contribution in [0.1, 0.15) is 62.9 Å². The van der Waals surface area contributed by atoms with Gasteiger partial charge < -0.3 is 24.7 Å². The number of halogens is 1. The van der Waals surface area contributed by atoms with E-state index in [-0.39, 0.29) is 43.4 Å². The zero-order valence-corrected chi connectivity index (χ0v) is 21.0. The minimum absolute atomic E-state index is 0.0734. The van der Waals surface area contributed by atoms with Gasteiger partial charge >= 0.3 is 6.03 Å². The number of hydrogen-bond donors (Lipinski definition) is 2. The van der Waals surface area contributed by atoms with Crippen molar-refractivity contribution in [3.05, 3.63) is 46.6 Å². The maximum Gasteiger partial charge on any atom is 0.317 e. The Hall–Kier alpha value is -2.94. The molecule has 2 atom stereocenters. The lowest BCUT2D eigenvalue weighted by Crippen LogP contribution is -2.41. The Bertz CT molecular complexity index is 947. The van der Waals surface area contributed by atoms with Gasteiger partial charge in [-0.3, -0.25) is 4.79 Å². The molecule has 0 fully saturated rings. The van der Waals surface area contributed by atoms with E-state index < -0.39 is 5.92 Å². The van der Waals surface area contributed by atoms with Crippen molar-refractivity contribution in [1.82, 2.24) is 25.7 Å². The van der Waals surface area contributed by atoms with E-state index in [0.29, 0.717) is 23.2 Å². The van der Waals surface area contributed by atoms with Crippen LogP contribution in [0.5, 0.6) is 0 Å². The van der Waals surface area contributed by atoms with Gasteiger partial charge in [0.05, 0.1) is 6.04 Å². The van der Waals surface area contributed by atoms with Crippen molar-refractivity contribution in [3.63, 3.8) is 0 Å². The summed E-state index contributed by atoms with van der Waals surface area (Å²) in [6.45, 7) is 6.26. The van der Waals surface area contributed by atoms with Crippen LogP contribution in [0.2, 0.25) is 5.02 Å². The summed E-state index contributed by atoms with van der Waals surface area (Å²) in [6, 6.07) is 6.92. The average molecular weight is 492 g/mol. The Balaban J connectivity index is 1.98. The van der Waals surface area contributed by atoms with Crippen LogP contribution < -0.4 is 10.6 Å². The van der Waals surface area contributed by atoms with Crippen LogP contribution in [0, 0.1) is 18.8 Å². The maximum atomic E-state index is 13.1. The SMILES string of the molecule is CCC(CC)C(NC(=O)[C@H](CC=O)CCNC(=O)N(C)Cc1nnc(C)o1)c1cccc(Cl)c1. The molecule has 1 unspecified atom stereocenters. The number of nitrogens with zero attached hydrogens (tertiary/aromatic N) is 3. The van der Waals surface area contributed by atoms with E-state index in [4.69, 9.17) is 16.0 Å². The molecular formula is C24H34ClN5O4. The first-order valence-corrected chi connectivity index (χ1v) is 11.9. The van der Waals surface area contributed by atoms with E-state index >= 15 is 0 Å². The molecule has 0 aliphatic rings. The van der Waals surface area contributed by atoms with Crippen molar-refractivity contribution in [2.45, 2.75) is 59.0 Å². The van der Waals surface area contributed by atoms with E-state index in [1.165, 1.54) is 4.90 Å². The lowest BCUT2D eigenvalue weighted by molar-refractivity contribution is -0.128. The van der Waals surface area contributed by atoms with Gasteiger partial charge in [-0.2, -0.15) is 0 Å². The minimum Gasteiger partial charge on any atom is -0.424 e. The van der Waals surface area contributed by atoms with Crippen LogP contribution in [0.25, 0.3) is 0 Å². The van der Waals surface area contributed by atoms with E-state index in [9.17, 15) is 14.4 Å². The van der Waals surface area contributed by atoms with Gasteiger partial charge in [0.2, 0.25) is 17.7 Å². The predicted octanol–water partition coefficient (Wildman–Crippen LogP) is 4.06. The Morgan fingerprint density at radius 3 is 2.56 bits per heavy atom. The minimum atomic E-state index is -0.558. The summed E-state index contributed by atoms with van der Waals surface area (Å²) >= 11 is 6.19. The van der Waals surface area contributed by atoms with Crippen molar-refractivity contribution in [1.29, 1.82) is 0 Å². The molecule has 0 spiro atoms. The van der Waals surface area contributed by atoms with E-state index in [1.54, 1.807) is 20.0 Å². The van der Waals surface area contributed by atoms with E-state index in [2.05, 4.69) is 34.7 Å². The number of benzene rings is 1. The number of carbonyl (C=O) groups excluding carboxylic acids is 3. The van der Waals surface area contributed by atoms with Crippen molar-refractivity contribution in [2.75, 3.05) is 13.6 Å². The second kappa shape index (κ2) is 13.7. The number of rotatable bonds is 13. The first-order chi connectivity index (χ1) is 16.3. The number of urea groups is 1. The van der Waals surface area contributed by atoms with Crippen molar-refractivity contribution < 1.29 is 18.8 Å². The lowest BCUT2D eigenvalue weighted by atomic mass is 9.88. The fraction of sp³-hybridized carbons (Fsp3) is 0.542. The summed E-state index contributed by atoms with van der Waals surface area (Å²) in [5.74, 6) is 0.212. The van der Waals surface area contributed by atoms with Crippen LogP contribution in [-0.4, -0.2) is 46.9 Å². The third-order valence-electron chi connectivity index (χ3n) is 5.83. The molecule has 0 saturated carbocycles. The molecule has 0 radical (unpaired) electrons. The quantitative estimate of drug-likeness (QED) is 0.408. The first-order valence-electron chi connectivity index (χ1n) is 11.6. The van der Waals surface area contributed by atoms with Gasteiger partial charge in [0, 0.05) is 37.9 Å². The van der Waals surface area contributed by atoms with Gasteiger partial charge in [0.15, 0.2) is 0 Å². The van der Waals surface area contributed by atoms with Gasteiger partial charge in [-0.05, 0) is 30.0 Å². The molecular weight excluding hydrogens is 458 g/mol. The number of amides is 3. The summed E-state index contributed by atoms with van der Waals surface area (Å²) in [5.41, 5.74) is 0.936. The Morgan fingerprint density at radius 2 is 1.97 bits per heavy atom. The Kier molecular flexibility index (Phi) is 11.0. The fourth-order valence-electron chi connectivity index (χ4n) is 3.84. The molecule has 34 heavy (non-hydrogen) atoms.